The van der Waals surface area contributed by atoms with E-state index in [0.29, 0.717) is 11.6 Å². The number of halogens is 1. The minimum absolute atomic E-state index is 0.0440. The van der Waals surface area contributed by atoms with Gasteiger partial charge in [0.25, 0.3) is 0 Å². The molecule has 17 heavy (non-hydrogen) atoms. The van der Waals surface area contributed by atoms with Crippen molar-refractivity contribution in [1.29, 1.82) is 0 Å². The third-order valence-electron chi connectivity index (χ3n) is 2.24. The summed E-state index contributed by atoms with van der Waals surface area (Å²) in [6.45, 7) is 0. The summed E-state index contributed by atoms with van der Waals surface area (Å²) in [6, 6.07) is 7.90. The number of hydrogen-bond acceptors (Lipinski definition) is 3. The summed E-state index contributed by atoms with van der Waals surface area (Å²) in [5.74, 6) is 0.955. The Morgan fingerprint density at radius 2 is 2.35 bits per heavy atom. The van der Waals surface area contributed by atoms with Gasteiger partial charge in [-0.25, -0.2) is 4.98 Å². The minimum atomic E-state index is 0.0440. The molecule has 1 aromatic carbocycles. The molecule has 0 saturated carbocycles. The van der Waals surface area contributed by atoms with Gasteiger partial charge in [-0.1, -0.05) is 22.0 Å². The molecule has 0 aliphatic heterocycles. The second-order valence-electron chi connectivity index (χ2n) is 3.53. The lowest BCUT2D eigenvalue weighted by Gasteiger charge is -2.02. The molecule has 0 saturated heterocycles. The van der Waals surface area contributed by atoms with Gasteiger partial charge in [0.05, 0.1) is 5.75 Å². The molecular formula is C12H11BrN2OS. The first-order valence-electron chi connectivity index (χ1n) is 5.05. The number of aromatic nitrogens is 2. The van der Waals surface area contributed by atoms with Crippen LogP contribution < -0.4 is 0 Å². The van der Waals surface area contributed by atoms with Crippen LogP contribution >= 0.6 is 27.7 Å². The smallest absolute Gasteiger partial charge is 0.208 e. The van der Waals surface area contributed by atoms with Crippen LogP contribution in [0.1, 0.15) is 10.6 Å². The van der Waals surface area contributed by atoms with Crippen LogP contribution in [0.15, 0.2) is 46.0 Å². The van der Waals surface area contributed by atoms with Gasteiger partial charge in [0, 0.05) is 28.8 Å². The second kappa shape index (κ2) is 5.51. The molecule has 3 nitrogen and oxygen atoms in total. The Balaban J connectivity index is 1.99. The van der Waals surface area contributed by atoms with Crippen molar-refractivity contribution in [1.82, 2.24) is 9.55 Å². The molecule has 0 N–H and O–H groups in total. The van der Waals surface area contributed by atoms with Crippen molar-refractivity contribution in [3.8, 4) is 0 Å². The molecule has 0 fully saturated rings. The molecule has 2 rings (SSSR count). The fourth-order valence-electron chi connectivity index (χ4n) is 1.40. The maximum atomic E-state index is 11.9. The number of hydrogen-bond donors (Lipinski definition) is 0. The number of benzene rings is 1. The minimum Gasteiger partial charge on any atom is -0.332 e. The zero-order valence-electron chi connectivity index (χ0n) is 9.26. The number of ketones is 1. The standard InChI is InChI=1S/C12H11BrN2OS/c1-15-6-5-14-12(15)11(16)8-17-10-4-2-3-9(13)7-10/h2-7H,8H2,1H3. The van der Waals surface area contributed by atoms with E-state index in [1.807, 2.05) is 31.3 Å². The van der Waals surface area contributed by atoms with E-state index in [1.54, 1.807) is 17.0 Å². The third kappa shape index (κ3) is 3.20. The summed E-state index contributed by atoms with van der Waals surface area (Å²) in [7, 11) is 1.82. The fraction of sp³-hybridized carbons (Fsp3) is 0.167. The van der Waals surface area contributed by atoms with Crippen molar-refractivity contribution in [2.75, 3.05) is 5.75 Å². The van der Waals surface area contributed by atoms with Crippen molar-refractivity contribution in [2.24, 2.45) is 7.05 Å². The number of aryl methyl sites for hydroxylation is 1. The van der Waals surface area contributed by atoms with Gasteiger partial charge in [-0.05, 0) is 18.2 Å². The Hall–Kier alpha value is -1.07. The topological polar surface area (TPSA) is 34.9 Å². The van der Waals surface area contributed by atoms with Crippen LogP contribution in [0.2, 0.25) is 0 Å². The Kier molecular flexibility index (Phi) is 4.02. The maximum Gasteiger partial charge on any atom is 0.208 e. The van der Waals surface area contributed by atoms with E-state index in [2.05, 4.69) is 20.9 Å². The quantitative estimate of drug-likeness (QED) is 0.642. The molecule has 0 unspecified atom stereocenters. The van der Waals surface area contributed by atoms with Gasteiger partial charge in [0.2, 0.25) is 5.78 Å². The molecule has 88 valence electrons. The highest BCUT2D eigenvalue weighted by Crippen LogP contribution is 2.22. The van der Waals surface area contributed by atoms with E-state index < -0.39 is 0 Å². The Labute approximate surface area is 112 Å². The normalized spacial score (nSPS) is 10.5. The Bertz CT molecular complexity index is 539. The molecule has 0 aliphatic rings. The van der Waals surface area contributed by atoms with Crippen molar-refractivity contribution < 1.29 is 4.79 Å². The predicted octanol–water partition coefficient (Wildman–Crippen LogP) is 3.16. The van der Waals surface area contributed by atoms with Crippen LogP contribution in [-0.2, 0) is 7.05 Å². The Morgan fingerprint density at radius 1 is 1.53 bits per heavy atom. The van der Waals surface area contributed by atoms with Gasteiger partial charge in [-0.15, -0.1) is 11.8 Å². The van der Waals surface area contributed by atoms with E-state index in [-0.39, 0.29) is 5.78 Å². The lowest BCUT2D eigenvalue weighted by molar-refractivity contribution is 0.101. The van der Waals surface area contributed by atoms with E-state index in [4.69, 9.17) is 0 Å². The van der Waals surface area contributed by atoms with Crippen LogP contribution in [0.3, 0.4) is 0 Å². The van der Waals surface area contributed by atoms with Gasteiger partial charge < -0.3 is 4.57 Å². The fourth-order valence-corrected chi connectivity index (χ4v) is 2.77. The summed E-state index contributed by atoms with van der Waals surface area (Å²) in [5, 5.41) is 0. The van der Waals surface area contributed by atoms with Crippen LogP contribution in [0.4, 0.5) is 0 Å². The molecule has 0 atom stereocenters. The van der Waals surface area contributed by atoms with Crippen LogP contribution in [0.5, 0.6) is 0 Å². The molecular weight excluding hydrogens is 300 g/mol. The highest BCUT2D eigenvalue weighted by molar-refractivity contribution is 9.10. The highest BCUT2D eigenvalue weighted by Gasteiger charge is 2.11. The SMILES string of the molecule is Cn1ccnc1C(=O)CSc1cccc(Br)c1. The number of thioether (sulfide) groups is 1. The van der Waals surface area contributed by atoms with E-state index in [1.165, 1.54) is 11.8 Å². The first-order chi connectivity index (χ1) is 8.16. The van der Waals surface area contributed by atoms with E-state index in [9.17, 15) is 4.79 Å². The number of carbonyl (C=O) groups excluding carboxylic acids is 1. The zero-order chi connectivity index (χ0) is 12.3. The number of rotatable bonds is 4. The Morgan fingerprint density at radius 3 is 3.00 bits per heavy atom. The number of nitrogens with zero attached hydrogens (tertiary/aromatic N) is 2. The first-order valence-corrected chi connectivity index (χ1v) is 6.83. The van der Waals surface area contributed by atoms with Gasteiger partial charge in [-0.3, -0.25) is 4.79 Å². The van der Waals surface area contributed by atoms with E-state index >= 15 is 0 Å². The van der Waals surface area contributed by atoms with Crippen LogP contribution in [0, 0.1) is 0 Å². The van der Waals surface area contributed by atoms with E-state index in [0.717, 1.165) is 9.37 Å². The number of imidazole rings is 1. The number of Topliss-reactive ketones (excluding diaryl/α,β-unsaturated/α-hetero) is 1. The largest absolute Gasteiger partial charge is 0.332 e. The van der Waals surface area contributed by atoms with Gasteiger partial charge in [0.15, 0.2) is 5.82 Å². The van der Waals surface area contributed by atoms with Crippen molar-refractivity contribution >= 4 is 33.5 Å². The molecule has 1 heterocycles. The predicted molar refractivity (Wildman–Crippen MR) is 72.4 cm³/mol. The third-order valence-corrected chi connectivity index (χ3v) is 3.72. The monoisotopic (exact) mass is 310 g/mol. The lowest BCUT2D eigenvalue weighted by atomic mass is 10.4. The summed E-state index contributed by atoms with van der Waals surface area (Å²) >= 11 is 4.92. The van der Waals surface area contributed by atoms with Gasteiger partial charge in [-0.2, -0.15) is 0 Å². The second-order valence-corrected chi connectivity index (χ2v) is 5.50. The first kappa shape index (κ1) is 12.4. The lowest BCUT2D eigenvalue weighted by Crippen LogP contribution is -2.09. The highest BCUT2D eigenvalue weighted by atomic mass is 79.9. The molecule has 2 aromatic rings. The van der Waals surface area contributed by atoms with Crippen molar-refractivity contribution in [3.63, 3.8) is 0 Å². The average molecular weight is 311 g/mol. The maximum absolute atomic E-state index is 11.9. The molecule has 5 heteroatoms. The van der Waals surface area contributed by atoms with Gasteiger partial charge in [0.1, 0.15) is 0 Å². The zero-order valence-corrected chi connectivity index (χ0v) is 11.7. The molecule has 0 spiro atoms. The number of carbonyl (C=O) groups is 1. The van der Waals surface area contributed by atoms with Crippen molar-refractivity contribution in [3.05, 3.63) is 47.0 Å². The van der Waals surface area contributed by atoms with Crippen molar-refractivity contribution in [2.45, 2.75) is 4.90 Å². The molecule has 0 aliphatic carbocycles. The average Bonchev–Trinajstić information content (AvgIpc) is 2.72. The molecule has 0 amide bonds. The summed E-state index contributed by atoms with van der Waals surface area (Å²) < 4.78 is 2.76. The van der Waals surface area contributed by atoms with Gasteiger partial charge >= 0.3 is 0 Å². The molecule has 1 aromatic heterocycles. The van der Waals surface area contributed by atoms with Crippen LogP contribution in [-0.4, -0.2) is 21.1 Å². The summed E-state index contributed by atoms with van der Waals surface area (Å²) in [4.78, 5) is 17.0. The summed E-state index contributed by atoms with van der Waals surface area (Å²) in [6.07, 6.45) is 3.41. The molecule has 0 bridgehead atoms. The molecule has 0 radical (unpaired) electrons. The van der Waals surface area contributed by atoms with Crippen LogP contribution in [0.25, 0.3) is 0 Å². The summed E-state index contributed by atoms with van der Waals surface area (Å²) in [5.41, 5.74) is 0.